The summed E-state index contributed by atoms with van der Waals surface area (Å²) in [5, 5.41) is 2.56. The Bertz CT molecular complexity index is 533. The van der Waals surface area contributed by atoms with E-state index in [0.717, 1.165) is 38.3 Å². The molecule has 0 aromatic carbocycles. The van der Waals surface area contributed by atoms with Crippen molar-refractivity contribution in [1.82, 2.24) is 19.8 Å². The van der Waals surface area contributed by atoms with Gasteiger partial charge in [-0.2, -0.15) is 0 Å². The number of nitrogens with one attached hydrogen (secondary N) is 1. The van der Waals surface area contributed by atoms with Gasteiger partial charge in [-0.1, -0.05) is 0 Å². The second-order valence-corrected chi connectivity index (χ2v) is 6.22. The minimum absolute atomic E-state index is 0.0189. The van der Waals surface area contributed by atoms with Gasteiger partial charge in [-0.3, -0.25) is 9.69 Å². The summed E-state index contributed by atoms with van der Waals surface area (Å²) in [6.45, 7) is 3.44. The number of likely N-dealkylation sites (N-methyl/N-ethyl adjacent to an activating group) is 1. The van der Waals surface area contributed by atoms with Crippen LogP contribution in [0.2, 0.25) is 0 Å². The van der Waals surface area contributed by atoms with E-state index in [0.29, 0.717) is 6.61 Å². The molecule has 2 atom stereocenters. The monoisotopic (exact) mass is 308 g/mol. The van der Waals surface area contributed by atoms with Gasteiger partial charge in [0.15, 0.2) is 0 Å². The van der Waals surface area contributed by atoms with Gasteiger partial charge in [0.2, 0.25) is 5.91 Å². The summed E-state index contributed by atoms with van der Waals surface area (Å²) in [5.41, 5.74) is -0.113. The van der Waals surface area contributed by atoms with Gasteiger partial charge in [-0.05, 0) is 6.42 Å². The summed E-state index contributed by atoms with van der Waals surface area (Å²) >= 11 is 0. The number of ether oxygens (including phenoxy) is 2. The first-order valence-corrected chi connectivity index (χ1v) is 7.75. The van der Waals surface area contributed by atoms with Gasteiger partial charge in [0.05, 0.1) is 24.9 Å². The highest BCUT2D eigenvalue weighted by molar-refractivity contribution is 5.76. The second kappa shape index (κ2) is 6.36. The van der Waals surface area contributed by atoms with Crippen LogP contribution in [0.25, 0.3) is 0 Å². The minimum atomic E-state index is -0.113. The number of nitrogens with zero attached hydrogens (tertiary/aromatic N) is 3. The first-order valence-electron chi connectivity index (χ1n) is 7.75. The first kappa shape index (κ1) is 15.5. The van der Waals surface area contributed by atoms with Crippen LogP contribution in [0.5, 0.6) is 0 Å². The SMILES string of the molecule is CNC(=O)CO[C@H]1CO[C@@]2(CCN(Cc3nccn3C)C2)C1. The average Bonchev–Trinajstić information content (AvgIpc) is 3.21. The van der Waals surface area contributed by atoms with Crippen molar-refractivity contribution in [2.75, 3.05) is 33.4 Å². The lowest BCUT2D eigenvalue weighted by atomic mass is 9.98. The van der Waals surface area contributed by atoms with E-state index in [-0.39, 0.29) is 24.2 Å². The van der Waals surface area contributed by atoms with Gasteiger partial charge in [0, 0.05) is 46.0 Å². The van der Waals surface area contributed by atoms with Gasteiger partial charge in [-0.15, -0.1) is 0 Å². The lowest BCUT2D eigenvalue weighted by Crippen LogP contribution is -2.33. The Kier molecular flexibility index (Phi) is 4.46. The summed E-state index contributed by atoms with van der Waals surface area (Å²) < 4.78 is 13.7. The molecule has 122 valence electrons. The van der Waals surface area contributed by atoms with Crippen molar-refractivity contribution >= 4 is 5.91 Å². The van der Waals surface area contributed by atoms with Gasteiger partial charge in [0.25, 0.3) is 0 Å². The third-order valence-corrected chi connectivity index (χ3v) is 4.59. The lowest BCUT2D eigenvalue weighted by molar-refractivity contribution is -0.127. The van der Waals surface area contributed by atoms with Crippen molar-refractivity contribution in [2.24, 2.45) is 7.05 Å². The number of imidazole rings is 1. The van der Waals surface area contributed by atoms with E-state index in [9.17, 15) is 4.79 Å². The second-order valence-electron chi connectivity index (χ2n) is 6.22. The smallest absolute Gasteiger partial charge is 0.245 e. The maximum absolute atomic E-state index is 11.2. The van der Waals surface area contributed by atoms with Crippen molar-refractivity contribution in [1.29, 1.82) is 0 Å². The number of carbonyl (C=O) groups excluding carboxylic acids is 1. The van der Waals surface area contributed by atoms with Crippen LogP contribution in [0.15, 0.2) is 12.4 Å². The van der Waals surface area contributed by atoms with E-state index < -0.39 is 0 Å². The van der Waals surface area contributed by atoms with Crippen LogP contribution >= 0.6 is 0 Å². The molecule has 3 heterocycles. The molecule has 0 aliphatic carbocycles. The Morgan fingerprint density at radius 3 is 3.23 bits per heavy atom. The number of aryl methyl sites for hydroxylation is 1. The molecule has 0 bridgehead atoms. The molecule has 2 aliphatic heterocycles. The number of likely N-dealkylation sites (tertiary alicyclic amines) is 1. The zero-order valence-corrected chi connectivity index (χ0v) is 13.2. The molecule has 22 heavy (non-hydrogen) atoms. The molecule has 1 N–H and O–H groups in total. The van der Waals surface area contributed by atoms with Crippen LogP contribution in [0.1, 0.15) is 18.7 Å². The molecule has 1 amide bonds. The van der Waals surface area contributed by atoms with E-state index in [2.05, 4.69) is 19.8 Å². The topological polar surface area (TPSA) is 68.6 Å². The molecule has 3 rings (SSSR count). The molecule has 2 saturated heterocycles. The number of carbonyl (C=O) groups is 1. The van der Waals surface area contributed by atoms with Crippen LogP contribution in [-0.2, 0) is 27.9 Å². The Morgan fingerprint density at radius 1 is 1.64 bits per heavy atom. The average molecular weight is 308 g/mol. The predicted octanol–water partition coefficient (Wildman–Crippen LogP) is -0.0839. The zero-order chi connectivity index (χ0) is 15.6. The molecule has 0 radical (unpaired) electrons. The lowest BCUT2D eigenvalue weighted by Gasteiger charge is -2.23. The minimum Gasteiger partial charge on any atom is -0.371 e. The zero-order valence-electron chi connectivity index (χ0n) is 13.2. The molecule has 2 aliphatic rings. The van der Waals surface area contributed by atoms with E-state index >= 15 is 0 Å². The molecule has 0 saturated carbocycles. The highest BCUT2D eigenvalue weighted by Gasteiger charge is 2.46. The van der Waals surface area contributed by atoms with Crippen LogP contribution < -0.4 is 5.32 Å². The molecule has 1 aromatic heterocycles. The normalized spacial score (nSPS) is 28.5. The Balaban J connectivity index is 1.50. The summed E-state index contributed by atoms with van der Waals surface area (Å²) in [6.07, 6.45) is 5.69. The quantitative estimate of drug-likeness (QED) is 0.824. The predicted molar refractivity (Wildman–Crippen MR) is 80.2 cm³/mol. The molecule has 7 nitrogen and oxygen atoms in total. The Morgan fingerprint density at radius 2 is 2.50 bits per heavy atom. The highest BCUT2D eigenvalue weighted by Crippen LogP contribution is 2.36. The maximum atomic E-state index is 11.2. The maximum Gasteiger partial charge on any atom is 0.245 e. The van der Waals surface area contributed by atoms with E-state index in [4.69, 9.17) is 9.47 Å². The third kappa shape index (κ3) is 3.31. The molecule has 2 fully saturated rings. The van der Waals surface area contributed by atoms with Crippen molar-refractivity contribution < 1.29 is 14.3 Å². The summed E-state index contributed by atoms with van der Waals surface area (Å²) in [6, 6.07) is 0. The van der Waals surface area contributed by atoms with Gasteiger partial charge < -0.3 is 19.4 Å². The Labute approximate surface area is 130 Å². The first-order chi connectivity index (χ1) is 10.6. The number of hydrogen-bond donors (Lipinski definition) is 1. The van der Waals surface area contributed by atoms with E-state index in [1.165, 1.54) is 0 Å². The number of hydrogen-bond acceptors (Lipinski definition) is 5. The number of amides is 1. The largest absolute Gasteiger partial charge is 0.371 e. The molecular weight excluding hydrogens is 284 g/mol. The Hall–Kier alpha value is -1.44. The third-order valence-electron chi connectivity index (χ3n) is 4.59. The fraction of sp³-hybridized carbons (Fsp3) is 0.733. The van der Waals surface area contributed by atoms with Crippen LogP contribution in [0, 0.1) is 0 Å². The summed E-state index contributed by atoms with van der Waals surface area (Å²) in [4.78, 5) is 18.0. The van der Waals surface area contributed by atoms with Crippen molar-refractivity contribution in [3.8, 4) is 0 Å². The highest BCUT2D eigenvalue weighted by atomic mass is 16.6. The van der Waals surface area contributed by atoms with Gasteiger partial charge in [-0.25, -0.2) is 4.98 Å². The molecular formula is C15H24N4O3. The van der Waals surface area contributed by atoms with Crippen molar-refractivity contribution in [2.45, 2.75) is 31.1 Å². The van der Waals surface area contributed by atoms with Crippen LogP contribution in [-0.4, -0.2) is 65.4 Å². The molecule has 1 aromatic rings. The standard InChI is InChI=1S/C15H24N4O3/c1-16-14(20)10-21-12-7-15(22-9-12)3-5-19(11-15)8-13-17-4-6-18(13)2/h4,6,12H,3,5,7-11H2,1-2H3,(H,16,20)/t12-,15+/m1/s1. The molecule has 0 unspecified atom stereocenters. The van der Waals surface area contributed by atoms with Crippen molar-refractivity contribution in [3.05, 3.63) is 18.2 Å². The number of aromatic nitrogens is 2. The van der Waals surface area contributed by atoms with Crippen molar-refractivity contribution in [3.63, 3.8) is 0 Å². The fourth-order valence-electron chi connectivity index (χ4n) is 3.27. The number of rotatable bonds is 5. The van der Waals surface area contributed by atoms with Gasteiger partial charge >= 0.3 is 0 Å². The fourth-order valence-corrected chi connectivity index (χ4v) is 3.27. The van der Waals surface area contributed by atoms with Crippen LogP contribution in [0.3, 0.4) is 0 Å². The van der Waals surface area contributed by atoms with Gasteiger partial charge in [0.1, 0.15) is 12.4 Å². The van der Waals surface area contributed by atoms with Crippen LogP contribution in [0.4, 0.5) is 0 Å². The van der Waals surface area contributed by atoms with E-state index in [1.54, 1.807) is 7.05 Å². The summed E-state index contributed by atoms with van der Waals surface area (Å²) in [5.74, 6) is 0.978. The molecule has 7 heteroatoms. The molecule has 1 spiro atoms. The van der Waals surface area contributed by atoms with E-state index in [1.807, 2.05) is 19.4 Å². The summed E-state index contributed by atoms with van der Waals surface area (Å²) in [7, 11) is 3.63.